The predicted octanol–water partition coefficient (Wildman–Crippen LogP) is 2.80. The molecule has 0 saturated carbocycles. The summed E-state index contributed by atoms with van der Waals surface area (Å²) < 4.78 is 18.3. The number of aryl methyl sites for hydroxylation is 1. The molecule has 2 rings (SSSR count). The van der Waals surface area contributed by atoms with Gasteiger partial charge in [0.25, 0.3) is 0 Å². The first-order valence-corrected chi connectivity index (χ1v) is 6.33. The zero-order chi connectivity index (χ0) is 15.7. The van der Waals surface area contributed by atoms with Crippen LogP contribution in [0.5, 0.6) is 0 Å². The van der Waals surface area contributed by atoms with Crippen LogP contribution in [0.15, 0.2) is 18.2 Å². The molecule has 110 valence electrons. The number of nitrogens with two attached hydrogens (primary N) is 2. The monoisotopic (exact) mass is 309 g/mol. The van der Waals surface area contributed by atoms with Crippen LogP contribution in [-0.4, -0.2) is 18.1 Å². The van der Waals surface area contributed by atoms with Gasteiger partial charge in [0, 0.05) is 11.3 Å². The third-order valence-corrected chi connectivity index (χ3v) is 3.37. The van der Waals surface area contributed by atoms with Crippen molar-refractivity contribution in [3.8, 4) is 11.3 Å². The highest BCUT2D eigenvalue weighted by Gasteiger charge is 2.19. The van der Waals surface area contributed by atoms with Crippen molar-refractivity contribution in [3.05, 3.63) is 40.3 Å². The van der Waals surface area contributed by atoms with Gasteiger partial charge in [0.05, 0.1) is 23.5 Å². The maximum Gasteiger partial charge on any atom is 0.358 e. The summed E-state index contributed by atoms with van der Waals surface area (Å²) in [6.45, 7) is 1.60. The summed E-state index contributed by atoms with van der Waals surface area (Å²) in [5.41, 5.74) is 12.9. The number of halogens is 2. The van der Waals surface area contributed by atoms with Gasteiger partial charge in [0.1, 0.15) is 5.82 Å². The molecule has 1 aromatic carbocycles. The number of aromatic nitrogens is 1. The van der Waals surface area contributed by atoms with Crippen LogP contribution in [0.4, 0.5) is 15.8 Å². The summed E-state index contributed by atoms with van der Waals surface area (Å²) in [6, 6.07) is 4.14. The average Bonchev–Trinajstić information content (AvgIpc) is 2.45. The van der Waals surface area contributed by atoms with Crippen molar-refractivity contribution in [1.29, 1.82) is 0 Å². The highest BCUT2D eigenvalue weighted by atomic mass is 35.5. The molecule has 0 fully saturated rings. The Kier molecular flexibility index (Phi) is 3.99. The Morgan fingerprint density at radius 2 is 1.95 bits per heavy atom. The van der Waals surface area contributed by atoms with E-state index in [9.17, 15) is 9.18 Å². The summed E-state index contributed by atoms with van der Waals surface area (Å²) in [4.78, 5) is 15.7. The van der Waals surface area contributed by atoms with Crippen molar-refractivity contribution in [3.63, 3.8) is 0 Å². The molecule has 0 spiro atoms. The van der Waals surface area contributed by atoms with Gasteiger partial charge in [-0.1, -0.05) is 11.6 Å². The second kappa shape index (κ2) is 5.57. The Balaban J connectivity index is 2.68. The standard InChI is InChI=1S/C14H13ClFN3O2/c1-6-3-9(17)7(4-8(6)16)11-5-10(18)12(15)13(19-11)14(20)21-2/h3-5H,17H2,1-2H3,(H2,18,19). The summed E-state index contributed by atoms with van der Waals surface area (Å²) >= 11 is 5.93. The number of methoxy groups -OCH3 is 1. The summed E-state index contributed by atoms with van der Waals surface area (Å²) in [7, 11) is 1.20. The molecule has 0 aliphatic heterocycles. The Morgan fingerprint density at radius 3 is 2.57 bits per heavy atom. The average molecular weight is 310 g/mol. The molecule has 7 heteroatoms. The van der Waals surface area contributed by atoms with E-state index in [0.29, 0.717) is 16.8 Å². The molecule has 1 aromatic heterocycles. The number of hydrogen-bond acceptors (Lipinski definition) is 5. The van der Waals surface area contributed by atoms with E-state index < -0.39 is 11.8 Å². The van der Waals surface area contributed by atoms with Crippen LogP contribution in [-0.2, 0) is 4.74 Å². The fraction of sp³-hybridized carbons (Fsp3) is 0.143. The van der Waals surface area contributed by atoms with E-state index in [2.05, 4.69) is 9.72 Å². The number of nitrogens with zero attached hydrogens (tertiary/aromatic N) is 1. The van der Waals surface area contributed by atoms with Crippen LogP contribution in [0.1, 0.15) is 16.1 Å². The van der Waals surface area contributed by atoms with Crippen LogP contribution in [0.3, 0.4) is 0 Å². The van der Waals surface area contributed by atoms with Crippen molar-refractivity contribution >= 4 is 28.9 Å². The van der Waals surface area contributed by atoms with Crippen molar-refractivity contribution in [1.82, 2.24) is 4.98 Å². The lowest BCUT2D eigenvalue weighted by atomic mass is 10.0. The highest BCUT2D eigenvalue weighted by Crippen LogP contribution is 2.32. The lowest BCUT2D eigenvalue weighted by molar-refractivity contribution is 0.0594. The van der Waals surface area contributed by atoms with Crippen molar-refractivity contribution < 1.29 is 13.9 Å². The predicted molar refractivity (Wildman–Crippen MR) is 79.5 cm³/mol. The van der Waals surface area contributed by atoms with Gasteiger partial charge in [-0.15, -0.1) is 0 Å². The third-order valence-electron chi connectivity index (χ3n) is 2.97. The first-order chi connectivity index (χ1) is 9.85. The number of benzene rings is 1. The fourth-order valence-electron chi connectivity index (χ4n) is 1.84. The summed E-state index contributed by atoms with van der Waals surface area (Å²) in [5, 5.41) is -0.0169. The number of hydrogen-bond donors (Lipinski definition) is 2. The van der Waals surface area contributed by atoms with E-state index in [1.165, 1.54) is 25.3 Å². The van der Waals surface area contributed by atoms with Crippen molar-refractivity contribution in [2.24, 2.45) is 0 Å². The van der Waals surface area contributed by atoms with Gasteiger partial charge in [0.2, 0.25) is 0 Å². The highest BCUT2D eigenvalue weighted by molar-refractivity contribution is 6.35. The minimum absolute atomic E-state index is 0.0169. The Hall–Kier alpha value is -2.34. The Labute approximate surface area is 125 Å². The molecule has 0 aliphatic rings. The van der Waals surface area contributed by atoms with Gasteiger partial charge < -0.3 is 16.2 Å². The van der Waals surface area contributed by atoms with Gasteiger partial charge in [0.15, 0.2) is 5.69 Å². The lowest BCUT2D eigenvalue weighted by Gasteiger charge is -2.11. The number of anilines is 2. The molecule has 0 bridgehead atoms. The van der Waals surface area contributed by atoms with Crippen LogP contribution in [0, 0.1) is 12.7 Å². The normalized spacial score (nSPS) is 10.5. The zero-order valence-electron chi connectivity index (χ0n) is 11.4. The van der Waals surface area contributed by atoms with Crippen LogP contribution in [0.25, 0.3) is 11.3 Å². The molecule has 21 heavy (non-hydrogen) atoms. The SMILES string of the molecule is COC(=O)c1nc(-c2cc(F)c(C)cc2N)cc(N)c1Cl. The largest absolute Gasteiger partial charge is 0.464 e. The van der Waals surface area contributed by atoms with Crippen LogP contribution >= 0.6 is 11.6 Å². The minimum Gasteiger partial charge on any atom is -0.464 e. The number of nitrogen functional groups attached to an aromatic ring is 2. The molecule has 0 amide bonds. The van der Waals surface area contributed by atoms with Gasteiger partial charge in [-0.25, -0.2) is 14.2 Å². The van der Waals surface area contributed by atoms with Gasteiger partial charge in [-0.2, -0.15) is 0 Å². The van der Waals surface area contributed by atoms with Crippen molar-refractivity contribution in [2.45, 2.75) is 6.92 Å². The number of carbonyl (C=O) groups excluding carboxylic acids is 1. The molecule has 0 unspecified atom stereocenters. The van der Waals surface area contributed by atoms with Crippen molar-refractivity contribution in [2.75, 3.05) is 18.6 Å². The second-order valence-electron chi connectivity index (χ2n) is 4.44. The summed E-state index contributed by atoms with van der Waals surface area (Å²) in [5.74, 6) is -1.17. The number of ether oxygens (including phenoxy) is 1. The van der Waals surface area contributed by atoms with Gasteiger partial charge >= 0.3 is 5.97 Å². The maximum absolute atomic E-state index is 13.7. The summed E-state index contributed by atoms with van der Waals surface area (Å²) in [6.07, 6.45) is 0. The van der Waals surface area contributed by atoms with E-state index in [1.807, 2.05) is 0 Å². The Bertz CT molecular complexity index is 735. The lowest BCUT2D eigenvalue weighted by Crippen LogP contribution is -2.08. The second-order valence-corrected chi connectivity index (χ2v) is 4.82. The topological polar surface area (TPSA) is 91.2 Å². The molecule has 0 atom stereocenters. The molecular weight excluding hydrogens is 297 g/mol. The van der Waals surface area contributed by atoms with Crippen LogP contribution in [0.2, 0.25) is 5.02 Å². The van der Waals surface area contributed by atoms with E-state index >= 15 is 0 Å². The number of carbonyl (C=O) groups is 1. The number of esters is 1. The number of rotatable bonds is 2. The molecular formula is C14H13ClFN3O2. The quantitative estimate of drug-likeness (QED) is 0.657. The van der Waals surface area contributed by atoms with E-state index in [1.54, 1.807) is 6.92 Å². The molecule has 0 aliphatic carbocycles. The van der Waals surface area contributed by atoms with Crippen LogP contribution < -0.4 is 11.5 Å². The minimum atomic E-state index is -0.736. The fourth-order valence-corrected chi connectivity index (χ4v) is 2.02. The molecule has 5 nitrogen and oxygen atoms in total. The molecule has 1 heterocycles. The zero-order valence-corrected chi connectivity index (χ0v) is 12.2. The number of pyridine rings is 1. The molecule has 4 N–H and O–H groups in total. The van der Waals surface area contributed by atoms with E-state index in [-0.39, 0.29) is 22.1 Å². The van der Waals surface area contributed by atoms with Gasteiger partial charge in [-0.05, 0) is 30.7 Å². The first-order valence-electron chi connectivity index (χ1n) is 5.95. The van der Waals surface area contributed by atoms with E-state index in [0.717, 1.165) is 0 Å². The first kappa shape index (κ1) is 15.1. The molecule has 2 aromatic rings. The van der Waals surface area contributed by atoms with Gasteiger partial charge in [-0.3, -0.25) is 0 Å². The maximum atomic E-state index is 13.7. The smallest absolute Gasteiger partial charge is 0.358 e. The Morgan fingerprint density at radius 1 is 1.29 bits per heavy atom. The molecule has 0 saturated heterocycles. The van der Waals surface area contributed by atoms with E-state index in [4.69, 9.17) is 23.1 Å². The third kappa shape index (κ3) is 2.75. The molecule has 0 radical (unpaired) electrons.